The van der Waals surface area contributed by atoms with E-state index in [0.717, 1.165) is 0 Å². The van der Waals surface area contributed by atoms with E-state index in [1.165, 1.54) is 12.3 Å². The Bertz CT molecular complexity index is 1200. The molecular formula is C21H14ClNO5. The highest BCUT2D eigenvalue weighted by molar-refractivity contribution is 6.30. The van der Waals surface area contributed by atoms with Gasteiger partial charge >= 0.3 is 0 Å². The Morgan fingerprint density at radius 3 is 2.71 bits per heavy atom. The second-order valence-electron chi connectivity index (χ2n) is 5.96. The Kier molecular flexibility index (Phi) is 4.87. The molecule has 0 radical (unpaired) electrons. The van der Waals surface area contributed by atoms with Crippen molar-refractivity contribution in [2.45, 2.75) is 0 Å². The zero-order chi connectivity index (χ0) is 19.5. The summed E-state index contributed by atoms with van der Waals surface area (Å²) in [7, 11) is 0. The van der Waals surface area contributed by atoms with Gasteiger partial charge in [0.25, 0.3) is 5.91 Å². The fourth-order valence-corrected chi connectivity index (χ4v) is 2.87. The summed E-state index contributed by atoms with van der Waals surface area (Å²) in [6, 6.07) is 16.4. The van der Waals surface area contributed by atoms with E-state index in [2.05, 4.69) is 5.32 Å². The second kappa shape index (κ2) is 7.62. The van der Waals surface area contributed by atoms with Crippen LogP contribution >= 0.6 is 11.6 Å². The number of carbonyl (C=O) groups is 1. The van der Waals surface area contributed by atoms with E-state index >= 15 is 0 Å². The van der Waals surface area contributed by atoms with E-state index < -0.39 is 0 Å². The average Bonchev–Trinajstić information content (AvgIpc) is 3.21. The number of carbonyl (C=O) groups excluding carboxylic acids is 1. The number of ether oxygens (including phenoxy) is 1. The first-order valence-corrected chi connectivity index (χ1v) is 8.76. The zero-order valence-corrected chi connectivity index (χ0v) is 15.2. The SMILES string of the molecule is O=C(COc1ccc2oc(-c3ccco3)cc(=O)c2c1)Nc1cccc(Cl)c1. The predicted molar refractivity (Wildman–Crippen MR) is 106 cm³/mol. The van der Waals surface area contributed by atoms with Crippen LogP contribution in [-0.4, -0.2) is 12.5 Å². The van der Waals surface area contributed by atoms with Crippen LogP contribution in [-0.2, 0) is 4.79 Å². The molecule has 0 spiro atoms. The molecule has 1 amide bonds. The maximum Gasteiger partial charge on any atom is 0.262 e. The lowest BCUT2D eigenvalue weighted by molar-refractivity contribution is -0.118. The number of anilines is 1. The molecule has 0 aliphatic heterocycles. The number of hydrogen-bond donors (Lipinski definition) is 1. The smallest absolute Gasteiger partial charge is 0.262 e. The molecule has 0 bridgehead atoms. The molecular weight excluding hydrogens is 382 g/mol. The Morgan fingerprint density at radius 2 is 1.93 bits per heavy atom. The van der Waals surface area contributed by atoms with Crippen molar-refractivity contribution in [3.8, 4) is 17.3 Å². The molecule has 1 N–H and O–H groups in total. The van der Waals surface area contributed by atoms with Crippen molar-refractivity contribution in [3.05, 3.63) is 82.2 Å². The highest BCUT2D eigenvalue weighted by Crippen LogP contribution is 2.25. The van der Waals surface area contributed by atoms with Gasteiger partial charge in [0, 0.05) is 16.8 Å². The molecule has 28 heavy (non-hydrogen) atoms. The number of halogens is 1. The molecule has 0 unspecified atom stereocenters. The summed E-state index contributed by atoms with van der Waals surface area (Å²) in [4.78, 5) is 24.4. The van der Waals surface area contributed by atoms with E-state index in [4.69, 9.17) is 25.2 Å². The normalized spacial score (nSPS) is 10.8. The minimum Gasteiger partial charge on any atom is -0.484 e. The van der Waals surface area contributed by atoms with Crippen LogP contribution in [0.2, 0.25) is 5.02 Å². The Hall–Kier alpha value is -3.51. The number of nitrogens with one attached hydrogen (secondary N) is 1. The van der Waals surface area contributed by atoms with Gasteiger partial charge in [-0.25, -0.2) is 0 Å². The quantitative estimate of drug-likeness (QED) is 0.528. The first-order valence-electron chi connectivity index (χ1n) is 8.38. The van der Waals surface area contributed by atoms with Crippen LogP contribution in [0.5, 0.6) is 5.75 Å². The number of hydrogen-bond acceptors (Lipinski definition) is 5. The molecule has 2 heterocycles. The third kappa shape index (κ3) is 3.92. The molecule has 6 nitrogen and oxygen atoms in total. The second-order valence-corrected chi connectivity index (χ2v) is 6.39. The van der Waals surface area contributed by atoms with Crippen LogP contribution in [0.15, 0.2) is 80.6 Å². The van der Waals surface area contributed by atoms with Crippen molar-refractivity contribution in [1.82, 2.24) is 0 Å². The number of fused-ring (bicyclic) bond motifs is 1. The van der Waals surface area contributed by atoms with Gasteiger partial charge in [-0.05, 0) is 48.5 Å². The largest absolute Gasteiger partial charge is 0.484 e. The van der Waals surface area contributed by atoms with Gasteiger partial charge in [-0.15, -0.1) is 0 Å². The third-order valence-corrected chi connectivity index (χ3v) is 4.18. The van der Waals surface area contributed by atoms with Gasteiger partial charge in [-0.2, -0.15) is 0 Å². The predicted octanol–water partition coefficient (Wildman–Crippen LogP) is 4.72. The van der Waals surface area contributed by atoms with E-state index in [0.29, 0.717) is 38.9 Å². The lowest BCUT2D eigenvalue weighted by Crippen LogP contribution is -2.20. The fourth-order valence-electron chi connectivity index (χ4n) is 2.68. The Balaban J connectivity index is 1.49. The number of amides is 1. The maximum atomic E-state index is 12.4. The molecule has 2 aromatic heterocycles. The molecule has 0 aliphatic rings. The molecule has 0 aliphatic carbocycles. The van der Waals surface area contributed by atoms with Crippen molar-refractivity contribution in [2.24, 2.45) is 0 Å². The fraction of sp³-hybridized carbons (Fsp3) is 0.0476. The molecule has 140 valence electrons. The first kappa shape index (κ1) is 17.9. The monoisotopic (exact) mass is 395 g/mol. The van der Waals surface area contributed by atoms with E-state index in [1.54, 1.807) is 54.6 Å². The minimum atomic E-state index is -0.345. The molecule has 0 saturated carbocycles. The van der Waals surface area contributed by atoms with Gasteiger partial charge < -0.3 is 18.9 Å². The molecule has 0 fully saturated rings. The molecule has 0 saturated heterocycles. The highest BCUT2D eigenvalue weighted by atomic mass is 35.5. The molecule has 7 heteroatoms. The van der Waals surface area contributed by atoms with Crippen LogP contribution in [0, 0.1) is 0 Å². The van der Waals surface area contributed by atoms with Gasteiger partial charge in [0.15, 0.2) is 23.6 Å². The number of benzene rings is 2. The Labute approximate surface area is 164 Å². The van der Waals surface area contributed by atoms with Gasteiger partial charge in [-0.1, -0.05) is 17.7 Å². The van der Waals surface area contributed by atoms with Crippen molar-refractivity contribution < 1.29 is 18.4 Å². The zero-order valence-electron chi connectivity index (χ0n) is 14.5. The van der Waals surface area contributed by atoms with Crippen LogP contribution in [0.1, 0.15) is 0 Å². The van der Waals surface area contributed by atoms with Crippen LogP contribution in [0.3, 0.4) is 0 Å². The summed E-state index contributed by atoms with van der Waals surface area (Å²) in [5, 5.41) is 3.56. The molecule has 0 atom stereocenters. The molecule has 4 rings (SSSR count). The third-order valence-electron chi connectivity index (χ3n) is 3.94. The van der Waals surface area contributed by atoms with Crippen molar-refractivity contribution in [1.29, 1.82) is 0 Å². The first-order chi connectivity index (χ1) is 13.6. The summed E-state index contributed by atoms with van der Waals surface area (Å²) < 4.78 is 16.5. The summed E-state index contributed by atoms with van der Waals surface area (Å²) in [6.45, 7) is -0.214. The van der Waals surface area contributed by atoms with Gasteiger partial charge in [0.05, 0.1) is 11.6 Å². The summed E-state index contributed by atoms with van der Waals surface area (Å²) in [5.41, 5.74) is 0.738. The number of rotatable bonds is 5. The summed E-state index contributed by atoms with van der Waals surface area (Å²) in [6.07, 6.45) is 1.50. The van der Waals surface area contributed by atoms with E-state index in [9.17, 15) is 9.59 Å². The summed E-state index contributed by atoms with van der Waals surface area (Å²) >= 11 is 5.89. The maximum absolute atomic E-state index is 12.4. The van der Waals surface area contributed by atoms with Crippen molar-refractivity contribution >= 4 is 34.2 Å². The average molecular weight is 396 g/mol. The number of furan rings is 1. The summed E-state index contributed by atoms with van der Waals surface area (Å²) in [5.74, 6) is 0.850. The van der Waals surface area contributed by atoms with Gasteiger partial charge in [0.1, 0.15) is 11.3 Å². The van der Waals surface area contributed by atoms with E-state index in [-0.39, 0.29) is 17.9 Å². The van der Waals surface area contributed by atoms with Crippen LogP contribution in [0.4, 0.5) is 5.69 Å². The molecule has 4 aromatic rings. The van der Waals surface area contributed by atoms with Crippen molar-refractivity contribution in [2.75, 3.05) is 11.9 Å². The minimum absolute atomic E-state index is 0.214. The van der Waals surface area contributed by atoms with E-state index in [1.807, 2.05) is 0 Å². The molecule has 2 aromatic carbocycles. The highest BCUT2D eigenvalue weighted by Gasteiger charge is 2.11. The Morgan fingerprint density at radius 1 is 1.04 bits per heavy atom. The van der Waals surface area contributed by atoms with Crippen molar-refractivity contribution in [3.63, 3.8) is 0 Å². The lowest BCUT2D eigenvalue weighted by atomic mass is 10.2. The lowest BCUT2D eigenvalue weighted by Gasteiger charge is -2.08. The van der Waals surface area contributed by atoms with Gasteiger partial charge in [0.2, 0.25) is 0 Å². The van der Waals surface area contributed by atoms with Gasteiger partial charge in [-0.3, -0.25) is 9.59 Å². The standard InChI is InChI=1S/C21H14ClNO5/c22-13-3-1-4-14(9-13)23-21(25)12-27-15-6-7-18-16(10-15)17(24)11-20(28-18)19-5-2-8-26-19/h1-11H,12H2,(H,23,25). The topological polar surface area (TPSA) is 81.7 Å². The van der Waals surface area contributed by atoms with Crippen LogP contribution in [0.25, 0.3) is 22.5 Å². The van der Waals surface area contributed by atoms with Crippen LogP contribution < -0.4 is 15.5 Å².